The lowest BCUT2D eigenvalue weighted by atomic mass is 10.1. The lowest BCUT2D eigenvalue weighted by Gasteiger charge is -2.25. The first-order valence-electron chi connectivity index (χ1n) is 6.36. The Kier molecular flexibility index (Phi) is 4.30. The van der Waals surface area contributed by atoms with E-state index >= 15 is 0 Å². The van der Waals surface area contributed by atoms with E-state index in [2.05, 4.69) is 9.97 Å². The number of nitrogens with zero attached hydrogens (tertiary/aromatic N) is 3. The Labute approximate surface area is 117 Å². The molecule has 0 unspecified atom stereocenters. The summed E-state index contributed by atoms with van der Waals surface area (Å²) >= 11 is 0. The van der Waals surface area contributed by atoms with Gasteiger partial charge in [-0.1, -0.05) is 0 Å². The minimum atomic E-state index is -0.0317. The van der Waals surface area contributed by atoms with Gasteiger partial charge in [0.05, 0.1) is 18.7 Å². The molecule has 0 saturated carbocycles. The molecular weight excluding hydrogens is 254 g/mol. The van der Waals surface area contributed by atoms with E-state index in [1.807, 2.05) is 19.1 Å². The fourth-order valence-corrected chi connectivity index (χ4v) is 1.95. The van der Waals surface area contributed by atoms with Gasteiger partial charge < -0.3 is 10.0 Å². The van der Waals surface area contributed by atoms with E-state index in [1.165, 1.54) is 6.20 Å². The van der Waals surface area contributed by atoms with Crippen LogP contribution in [0.25, 0.3) is 0 Å². The molecule has 5 nitrogen and oxygen atoms in total. The van der Waals surface area contributed by atoms with Crippen LogP contribution in [0.5, 0.6) is 5.75 Å². The molecule has 20 heavy (non-hydrogen) atoms. The van der Waals surface area contributed by atoms with Crippen LogP contribution < -0.4 is 0 Å². The minimum Gasteiger partial charge on any atom is -0.506 e. The van der Waals surface area contributed by atoms with Crippen molar-refractivity contribution in [3.8, 4) is 5.75 Å². The highest BCUT2D eigenvalue weighted by Crippen LogP contribution is 2.19. The first-order chi connectivity index (χ1) is 9.58. The van der Waals surface area contributed by atoms with Gasteiger partial charge in [-0.3, -0.25) is 14.8 Å². The number of carbonyl (C=O) groups excluding carboxylic acids is 1. The van der Waals surface area contributed by atoms with E-state index in [-0.39, 0.29) is 24.1 Å². The van der Waals surface area contributed by atoms with Gasteiger partial charge in [-0.2, -0.15) is 0 Å². The number of aromatic nitrogens is 2. The number of likely N-dealkylation sites (N-methyl/N-ethyl adjacent to an activating group) is 1. The predicted molar refractivity (Wildman–Crippen MR) is 75.0 cm³/mol. The summed E-state index contributed by atoms with van der Waals surface area (Å²) in [6.45, 7) is 1.97. The Morgan fingerprint density at radius 1 is 1.30 bits per heavy atom. The maximum absolute atomic E-state index is 12.2. The molecule has 1 amide bonds. The molecule has 0 fully saturated rings. The Hall–Kier alpha value is -2.43. The van der Waals surface area contributed by atoms with Crippen LogP contribution in [0.1, 0.15) is 24.1 Å². The van der Waals surface area contributed by atoms with Crippen LogP contribution in [0.3, 0.4) is 0 Å². The quantitative estimate of drug-likeness (QED) is 0.923. The van der Waals surface area contributed by atoms with Crippen molar-refractivity contribution in [1.29, 1.82) is 0 Å². The first kappa shape index (κ1) is 14.0. The summed E-state index contributed by atoms with van der Waals surface area (Å²) in [7, 11) is 1.77. The number of carbonyl (C=O) groups is 1. The van der Waals surface area contributed by atoms with Gasteiger partial charge in [0.25, 0.3) is 0 Å². The molecule has 0 aliphatic heterocycles. The van der Waals surface area contributed by atoms with E-state index in [0.717, 1.165) is 5.56 Å². The molecule has 0 aromatic carbocycles. The van der Waals surface area contributed by atoms with Gasteiger partial charge in [0.1, 0.15) is 5.75 Å². The average Bonchev–Trinajstić information content (AvgIpc) is 2.46. The number of pyridine rings is 2. The van der Waals surface area contributed by atoms with E-state index < -0.39 is 0 Å². The molecule has 1 atom stereocenters. The van der Waals surface area contributed by atoms with Crippen molar-refractivity contribution >= 4 is 5.91 Å². The Balaban J connectivity index is 2.05. The van der Waals surface area contributed by atoms with Crippen molar-refractivity contribution in [2.45, 2.75) is 19.4 Å². The van der Waals surface area contributed by atoms with Crippen LogP contribution in [0.15, 0.2) is 43.0 Å². The summed E-state index contributed by atoms with van der Waals surface area (Å²) < 4.78 is 0. The molecule has 104 valence electrons. The smallest absolute Gasteiger partial charge is 0.227 e. The summed E-state index contributed by atoms with van der Waals surface area (Å²) in [5.41, 5.74) is 1.73. The normalized spacial score (nSPS) is 11.9. The molecule has 1 N–H and O–H groups in total. The Morgan fingerprint density at radius 3 is 2.65 bits per heavy atom. The van der Waals surface area contributed by atoms with Crippen molar-refractivity contribution < 1.29 is 9.90 Å². The molecule has 0 radical (unpaired) electrons. The van der Waals surface area contributed by atoms with E-state index in [0.29, 0.717) is 5.56 Å². The molecule has 2 aromatic heterocycles. The topological polar surface area (TPSA) is 66.3 Å². The van der Waals surface area contributed by atoms with Gasteiger partial charge in [0.2, 0.25) is 5.91 Å². The largest absolute Gasteiger partial charge is 0.506 e. The molecule has 2 heterocycles. The summed E-state index contributed by atoms with van der Waals surface area (Å²) in [4.78, 5) is 21.8. The highest BCUT2D eigenvalue weighted by atomic mass is 16.3. The van der Waals surface area contributed by atoms with Crippen molar-refractivity contribution in [2.24, 2.45) is 0 Å². The second-order valence-electron chi connectivity index (χ2n) is 4.69. The lowest BCUT2D eigenvalue weighted by Crippen LogP contribution is -2.31. The van der Waals surface area contributed by atoms with Crippen molar-refractivity contribution in [3.05, 3.63) is 54.1 Å². The molecule has 2 rings (SSSR count). The molecule has 0 aliphatic carbocycles. The predicted octanol–water partition coefficient (Wildman–Crippen LogP) is 1.94. The summed E-state index contributed by atoms with van der Waals surface area (Å²) in [5, 5.41) is 9.36. The number of hydrogen-bond acceptors (Lipinski definition) is 4. The second-order valence-corrected chi connectivity index (χ2v) is 4.69. The standard InChI is InChI=1S/C15H17N3O2/c1-11(13-3-5-16-6-4-13)18(2)15(20)8-12-7-14(19)10-17-9-12/h3-7,9-11,19H,8H2,1-2H3/t11-/m0/s1. The minimum absolute atomic E-state index is 0.0262. The second kappa shape index (κ2) is 6.14. The molecule has 2 aromatic rings. The third-order valence-electron chi connectivity index (χ3n) is 3.30. The monoisotopic (exact) mass is 271 g/mol. The number of aromatic hydroxyl groups is 1. The highest BCUT2D eigenvalue weighted by Gasteiger charge is 2.17. The van der Waals surface area contributed by atoms with Crippen molar-refractivity contribution in [3.63, 3.8) is 0 Å². The van der Waals surface area contributed by atoms with Crippen LogP contribution in [0, 0.1) is 0 Å². The number of amides is 1. The number of rotatable bonds is 4. The maximum Gasteiger partial charge on any atom is 0.227 e. The van der Waals surface area contributed by atoms with Gasteiger partial charge >= 0.3 is 0 Å². The van der Waals surface area contributed by atoms with Gasteiger partial charge in [0, 0.05) is 25.6 Å². The molecule has 0 aliphatic rings. The Morgan fingerprint density at radius 2 is 2.00 bits per heavy atom. The summed E-state index contributed by atoms with van der Waals surface area (Å²) in [5.74, 6) is 0.0434. The molecule has 0 bridgehead atoms. The Bertz CT molecular complexity index is 587. The summed E-state index contributed by atoms with van der Waals surface area (Å²) in [6, 6.07) is 5.31. The van der Waals surface area contributed by atoms with Gasteiger partial charge in [-0.15, -0.1) is 0 Å². The molecular formula is C15H17N3O2. The zero-order valence-electron chi connectivity index (χ0n) is 11.5. The average molecular weight is 271 g/mol. The molecule has 0 saturated heterocycles. The highest BCUT2D eigenvalue weighted by molar-refractivity contribution is 5.79. The van der Waals surface area contributed by atoms with Gasteiger partial charge in [-0.05, 0) is 36.2 Å². The fraction of sp³-hybridized carbons (Fsp3) is 0.267. The van der Waals surface area contributed by atoms with Crippen LogP contribution in [0.4, 0.5) is 0 Å². The summed E-state index contributed by atoms with van der Waals surface area (Å²) in [6.07, 6.45) is 6.57. The fourth-order valence-electron chi connectivity index (χ4n) is 1.95. The van der Waals surface area contributed by atoms with Crippen molar-refractivity contribution in [2.75, 3.05) is 7.05 Å². The first-order valence-corrected chi connectivity index (χ1v) is 6.36. The van der Waals surface area contributed by atoms with E-state index in [4.69, 9.17) is 0 Å². The van der Waals surface area contributed by atoms with E-state index in [1.54, 1.807) is 36.6 Å². The zero-order valence-corrected chi connectivity index (χ0v) is 11.5. The molecule has 0 spiro atoms. The lowest BCUT2D eigenvalue weighted by molar-refractivity contribution is -0.131. The maximum atomic E-state index is 12.2. The zero-order chi connectivity index (χ0) is 14.5. The van der Waals surface area contributed by atoms with Crippen LogP contribution in [0.2, 0.25) is 0 Å². The van der Waals surface area contributed by atoms with Crippen LogP contribution in [-0.2, 0) is 11.2 Å². The molecule has 5 heteroatoms. The van der Waals surface area contributed by atoms with Gasteiger partial charge in [-0.25, -0.2) is 0 Å². The van der Waals surface area contributed by atoms with Crippen LogP contribution in [-0.4, -0.2) is 32.9 Å². The van der Waals surface area contributed by atoms with Crippen LogP contribution >= 0.6 is 0 Å². The van der Waals surface area contributed by atoms with Gasteiger partial charge in [0.15, 0.2) is 0 Å². The third-order valence-corrected chi connectivity index (χ3v) is 3.30. The number of hydrogen-bond donors (Lipinski definition) is 1. The van der Waals surface area contributed by atoms with Crippen molar-refractivity contribution in [1.82, 2.24) is 14.9 Å². The third kappa shape index (κ3) is 3.32. The van der Waals surface area contributed by atoms with E-state index in [9.17, 15) is 9.90 Å². The SMILES string of the molecule is C[C@@H](c1ccncc1)N(C)C(=O)Cc1cncc(O)c1.